The van der Waals surface area contributed by atoms with Gasteiger partial charge in [-0.25, -0.2) is 4.39 Å². The van der Waals surface area contributed by atoms with Crippen molar-refractivity contribution in [3.63, 3.8) is 0 Å². The molecular weight excluding hydrogens is 271 g/mol. The molecule has 0 aromatic heterocycles. The van der Waals surface area contributed by atoms with E-state index in [1.165, 1.54) is 25.1 Å². The van der Waals surface area contributed by atoms with Gasteiger partial charge in [-0.3, -0.25) is 4.79 Å². The summed E-state index contributed by atoms with van der Waals surface area (Å²) in [6.07, 6.45) is -1.34. The van der Waals surface area contributed by atoms with Crippen molar-refractivity contribution in [1.29, 1.82) is 0 Å². The number of aliphatic hydroxyl groups is 1. The minimum Gasteiger partial charge on any atom is -0.460 e. The van der Waals surface area contributed by atoms with Crippen LogP contribution in [-0.4, -0.2) is 16.7 Å². The normalized spacial score (nSPS) is 14.9. The molecule has 0 fully saturated rings. The van der Waals surface area contributed by atoms with E-state index in [2.05, 4.69) is 0 Å². The maximum atomic E-state index is 13.7. The summed E-state index contributed by atoms with van der Waals surface area (Å²) in [7, 11) is 0. The van der Waals surface area contributed by atoms with Gasteiger partial charge in [-0.15, -0.1) is 0 Å². The van der Waals surface area contributed by atoms with Crippen LogP contribution in [0.15, 0.2) is 18.2 Å². The molecule has 0 aliphatic heterocycles. The van der Waals surface area contributed by atoms with E-state index in [4.69, 9.17) is 16.3 Å². The van der Waals surface area contributed by atoms with Crippen LogP contribution in [0.3, 0.4) is 0 Å². The predicted octanol–water partition coefficient (Wildman–Crippen LogP) is 3.49. The topological polar surface area (TPSA) is 46.5 Å². The highest BCUT2D eigenvalue weighted by Crippen LogP contribution is 2.31. The molecular formula is C14H18ClFO3. The number of benzene rings is 1. The Morgan fingerprint density at radius 2 is 2.00 bits per heavy atom. The molecule has 0 aliphatic rings. The first kappa shape index (κ1) is 15.9. The lowest BCUT2D eigenvalue weighted by atomic mass is 9.96. The van der Waals surface area contributed by atoms with Crippen LogP contribution in [0.2, 0.25) is 5.02 Å². The maximum Gasteiger partial charge on any atom is 0.312 e. The number of halogens is 2. The van der Waals surface area contributed by atoms with Crippen molar-refractivity contribution >= 4 is 17.6 Å². The van der Waals surface area contributed by atoms with E-state index >= 15 is 0 Å². The van der Waals surface area contributed by atoms with Gasteiger partial charge < -0.3 is 9.84 Å². The molecule has 2 unspecified atom stereocenters. The molecule has 1 rings (SSSR count). The average molecular weight is 289 g/mol. The highest BCUT2D eigenvalue weighted by atomic mass is 35.5. The summed E-state index contributed by atoms with van der Waals surface area (Å²) in [5.74, 6) is -2.15. The monoisotopic (exact) mass is 288 g/mol. The molecule has 1 aromatic rings. The zero-order chi connectivity index (χ0) is 14.8. The number of rotatable bonds is 3. The molecule has 1 aromatic carbocycles. The van der Waals surface area contributed by atoms with Crippen LogP contribution in [0, 0.1) is 11.7 Å². The Balaban J connectivity index is 2.94. The van der Waals surface area contributed by atoms with E-state index in [0.29, 0.717) is 0 Å². The lowest BCUT2D eigenvalue weighted by molar-refractivity contribution is -0.163. The smallest absolute Gasteiger partial charge is 0.312 e. The zero-order valence-corrected chi connectivity index (χ0v) is 12.2. The Kier molecular flexibility index (Phi) is 4.93. The SMILES string of the molecule is CC(C(=O)OC(C)(C)C)C(O)c1c(F)cccc1Cl. The highest BCUT2D eigenvalue weighted by Gasteiger charge is 2.31. The standard InChI is InChI=1S/C14H18ClFO3/c1-8(13(18)19-14(2,3)4)12(17)11-9(15)6-5-7-10(11)16/h5-8,12,17H,1-4H3. The van der Waals surface area contributed by atoms with Crippen molar-refractivity contribution in [3.8, 4) is 0 Å². The molecule has 106 valence electrons. The first-order valence-electron chi connectivity index (χ1n) is 5.98. The molecule has 3 nitrogen and oxygen atoms in total. The van der Waals surface area contributed by atoms with Crippen molar-refractivity contribution in [2.75, 3.05) is 0 Å². The van der Waals surface area contributed by atoms with Gasteiger partial charge in [0.15, 0.2) is 0 Å². The fourth-order valence-corrected chi connectivity index (χ4v) is 1.84. The summed E-state index contributed by atoms with van der Waals surface area (Å²) < 4.78 is 18.8. The van der Waals surface area contributed by atoms with Gasteiger partial charge in [-0.2, -0.15) is 0 Å². The van der Waals surface area contributed by atoms with Crippen LogP contribution in [0.5, 0.6) is 0 Å². The van der Waals surface area contributed by atoms with E-state index in [-0.39, 0.29) is 10.6 Å². The Labute approximate surface area is 117 Å². The molecule has 19 heavy (non-hydrogen) atoms. The first-order chi connectivity index (χ1) is 8.63. The summed E-state index contributed by atoms with van der Waals surface area (Å²) in [6.45, 7) is 6.64. The molecule has 0 amide bonds. The number of esters is 1. The fourth-order valence-electron chi connectivity index (χ4n) is 1.57. The second kappa shape index (κ2) is 5.88. The van der Waals surface area contributed by atoms with E-state index < -0.39 is 29.4 Å². The van der Waals surface area contributed by atoms with Gasteiger partial charge in [0.25, 0.3) is 0 Å². The van der Waals surface area contributed by atoms with Crippen LogP contribution in [0.25, 0.3) is 0 Å². The molecule has 5 heteroatoms. The fraction of sp³-hybridized carbons (Fsp3) is 0.500. The Bertz CT molecular complexity index is 448. The van der Waals surface area contributed by atoms with Crippen molar-refractivity contribution in [2.24, 2.45) is 5.92 Å². The minimum absolute atomic E-state index is 0.0810. The van der Waals surface area contributed by atoms with Crippen molar-refractivity contribution in [1.82, 2.24) is 0 Å². The molecule has 1 N–H and O–H groups in total. The van der Waals surface area contributed by atoms with Crippen LogP contribution in [-0.2, 0) is 9.53 Å². The van der Waals surface area contributed by atoms with Crippen LogP contribution in [0.1, 0.15) is 39.4 Å². The Morgan fingerprint density at radius 1 is 1.42 bits per heavy atom. The molecule has 0 saturated carbocycles. The van der Waals surface area contributed by atoms with Gasteiger partial charge in [-0.1, -0.05) is 17.7 Å². The van der Waals surface area contributed by atoms with Crippen molar-refractivity contribution in [2.45, 2.75) is 39.4 Å². The van der Waals surface area contributed by atoms with Gasteiger partial charge in [0.05, 0.1) is 12.0 Å². The second-order valence-electron chi connectivity index (χ2n) is 5.40. The maximum absolute atomic E-state index is 13.7. The van der Waals surface area contributed by atoms with Crippen molar-refractivity contribution in [3.05, 3.63) is 34.6 Å². The summed E-state index contributed by atoms with van der Waals surface area (Å²) in [5, 5.41) is 10.2. The molecule has 0 spiro atoms. The molecule has 0 heterocycles. The van der Waals surface area contributed by atoms with Gasteiger partial charge in [-0.05, 0) is 39.8 Å². The van der Waals surface area contributed by atoms with E-state index in [9.17, 15) is 14.3 Å². The molecule has 0 bridgehead atoms. The quantitative estimate of drug-likeness (QED) is 0.866. The largest absolute Gasteiger partial charge is 0.460 e. The highest BCUT2D eigenvalue weighted by molar-refractivity contribution is 6.31. The average Bonchev–Trinajstić information content (AvgIpc) is 2.25. The number of hydrogen-bond acceptors (Lipinski definition) is 3. The minimum atomic E-state index is -1.34. The zero-order valence-electron chi connectivity index (χ0n) is 11.4. The summed E-state index contributed by atoms with van der Waals surface area (Å²) in [6, 6.07) is 4.09. The van der Waals surface area contributed by atoms with E-state index in [1.54, 1.807) is 20.8 Å². The van der Waals surface area contributed by atoms with E-state index in [1.807, 2.05) is 0 Å². The summed E-state index contributed by atoms with van der Waals surface area (Å²) in [4.78, 5) is 11.8. The number of carbonyl (C=O) groups is 1. The Morgan fingerprint density at radius 3 is 2.47 bits per heavy atom. The van der Waals surface area contributed by atoms with Gasteiger partial charge in [0.2, 0.25) is 0 Å². The van der Waals surface area contributed by atoms with Gasteiger partial charge >= 0.3 is 5.97 Å². The van der Waals surface area contributed by atoms with Crippen molar-refractivity contribution < 1.29 is 19.0 Å². The van der Waals surface area contributed by atoms with Gasteiger partial charge in [0.1, 0.15) is 11.4 Å². The first-order valence-corrected chi connectivity index (χ1v) is 6.36. The van der Waals surface area contributed by atoms with Crippen LogP contribution < -0.4 is 0 Å². The van der Waals surface area contributed by atoms with Gasteiger partial charge in [0, 0.05) is 10.6 Å². The number of ether oxygens (including phenoxy) is 1. The number of hydrogen-bond donors (Lipinski definition) is 1. The second-order valence-corrected chi connectivity index (χ2v) is 5.81. The third-order valence-electron chi connectivity index (χ3n) is 2.55. The molecule has 2 atom stereocenters. The lowest BCUT2D eigenvalue weighted by Gasteiger charge is -2.25. The summed E-state index contributed by atoms with van der Waals surface area (Å²) in [5.41, 5.74) is -0.744. The molecule has 0 radical (unpaired) electrons. The number of aliphatic hydroxyl groups excluding tert-OH is 1. The molecule has 0 aliphatic carbocycles. The predicted molar refractivity (Wildman–Crippen MR) is 71.4 cm³/mol. The van der Waals surface area contributed by atoms with Crippen LogP contribution in [0.4, 0.5) is 4.39 Å². The van der Waals surface area contributed by atoms with E-state index in [0.717, 1.165) is 0 Å². The summed E-state index contributed by atoms with van der Waals surface area (Å²) >= 11 is 5.85. The molecule has 0 saturated heterocycles. The third kappa shape index (κ3) is 4.18. The third-order valence-corrected chi connectivity index (χ3v) is 2.88. The number of carbonyl (C=O) groups excluding carboxylic acids is 1. The Hall–Kier alpha value is -1.13. The van der Waals surface area contributed by atoms with Crippen LogP contribution >= 0.6 is 11.6 Å². The lowest BCUT2D eigenvalue weighted by Crippen LogP contribution is -2.30.